The lowest BCUT2D eigenvalue weighted by Crippen LogP contribution is -2.29. The molecule has 0 radical (unpaired) electrons. The minimum Gasteiger partial charge on any atom is -0.507 e. The number of aryl methyl sites for hydroxylation is 2. The first-order valence-corrected chi connectivity index (χ1v) is 11.3. The number of methoxy groups -OCH3 is 2. The van der Waals surface area contributed by atoms with Crippen molar-refractivity contribution >= 4 is 16.9 Å². The third-order valence-electron chi connectivity index (χ3n) is 6.36. The number of benzene rings is 2. The van der Waals surface area contributed by atoms with E-state index in [0.29, 0.717) is 24.2 Å². The van der Waals surface area contributed by atoms with Gasteiger partial charge in [-0.15, -0.1) is 0 Å². The van der Waals surface area contributed by atoms with Crippen LogP contribution in [0.4, 0.5) is 0 Å². The van der Waals surface area contributed by atoms with Gasteiger partial charge in [-0.3, -0.25) is 9.59 Å². The molecule has 2 heterocycles. The van der Waals surface area contributed by atoms with Gasteiger partial charge in [-0.25, -0.2) is 0 Å². The maximum absolute atomic E-state index is 13.7. The third-order valence-corrected chi connectivity index (χ3v) is 6.36. The average Bonchev–Trinajstić information content (AvgIpc) is 3.26. The van der Waals surface area contributed by atoms with Crippen molar-refractivity contribution in [2.75, 3.05) is 14.2 Å². The van der Waals surface area contributed by atoms with E-state index in [4.69, 9.17) is 9.47 Å². The Bertz CT molecular complexity index is 1440. The summed E-state index contributed by atoms with van der Waals surface area (Å²) >= 11 is 0. The number of H-pyrrole nitrogens is 1. The molecule has 0 amide bonds. The van der Waals surface area contributed by atoms with Gasteiger partial charge in [0.1, 0.15) is 5.75 Å². The second-order valence-corrected chi connectivity index (χ2v) is 8.42. The number of ether oxygens (including phenoxy) is 2. The molecule has 1 atom stereocenters. The lowest BCUT2D eigenvalue weighted by molar-refractivity contribution is -0.140. The predicted molar refractivity (Wildman–Crippen MR) is 132 cm³/mol. The van der Waals surface area contributed by atoms with Crippen LogP contribution in [0.1, 0.15) is 34.7 Å². The molecule has 0 spiro atoms. The number of phenols is 1. The fraction of sp³-hybridized carbons (Fsp3) is 0.259. The van der Waals surface area contributed by atoms with Crippen molar-refractivity contribution in [1.82, 2.24) is 9.55 Å². The second-order valence-electron chi connectivity index (χ2n) is 8.42. The summed E-state index contributed by atoms with van der Waals surface area (Å²) in [5, 5.41) is 21.9. The maximum atomic E-state index is 13.7. The van der Waals surface area contributed by atoms with Crippen LogP contribution in [0.3, 0.4) is 0 Å². The fourth-order valence-corrected chi connectivity index (χ4v) is 4.49. The van der Waals surface area contributed by atoms with Crippen LogP contribution < -0.4 is 10.3 Å². The van der Waals surface area contributed by atoms with E-state index < -0.39 is 11.9 Å². The van der Waals surface area contributed by atoms with Crippen molar-refractivity contribution < 1.29 is 24.5 Å². The van der Waals surface area contributed by atoms with E-state index in [2.05, 4.69) is 4.98 Å². The average molecular weight is 477 g/mol. The number of phenolic OH excluding ortho intramolecular Hbond substituents is 1. The van der Waals surface area contributed by atoms with Crippen LogP contribution in [0.2, 0.25) is 0 Å². The van der Waals surface area contributed by atoms with Crippen LogP contribution in [0.15, 0.2) is 59.5 Å². The molecule has 3 N–H and O–H groups in total. The highest BCUT2D eigenvalue weighted by atomic mass is 16.5. The third kappa shape index (κ3) is 4.73. The number of esters is 1. The molecule has 0 aliphatic carbocycles. The molecule has 8 heteroatoms. The zero-order valence-corrected chi connectivity index (χ0v) is 19.9. The summed E-state index contributed by atoms with van der Waals surface area (Å²) in [6.45, 7) is 2.16. The van der Waals surface area contributed by atoms with Crippen molar-refractivity contribution in [1.29, 1.82) is 0 Å². The summed E-state index contributed by atoms with van der Waals surface area (Å²) in [6.07, 6.45) is 2.37. The molecule has 4 aromatic rings. The van der Waals surface area contributed by atoms with Crippen LogP contribution in [0.25, 0.3) is 10.9 Å². The predicted octanol–water partition coefficient (Wildman–Crippen LogP) is 4.00. The summed E-state index contributed by atoms with van der Waals surface area (Å²) in [5.41, 5.74) is 2.95. The molecule has 0 aliphatic rings. The van der Waals surface area contributed by atoms with Crippen molar-refractivity contribution in [3.63, 3.8) is 0 Å². The first kappa shape index (κ1) is 23.9. The van der Waals surface area contributed by atoms with E-state index in [0.717, 1.165) is 16.5 Å². The summed E-state index contributed by atoms with van der Waals surface area (Å²) < 4.78 is 11.7. The van der Waals surface area contributed by atoms with Gasteiger partial charge in [-0.2, -0.15) is 0 Å². The number of aromatic nitrogens is 2. The number of pyridine rings is 1. The number of hydrogen-bond donors (Lipinski definition) is 3. The number of aromatic hydroxyl groups is 2. The lowest BCUT2D eigenvalue weighted by atomic mass is 9.88. The van der Waals surface area contributed by atoms with Crippen molar-refractivity contribution in [3.05, 3.63) is 87.5 Å². The van der Waals surface area contributed by atoms with Crippen LogP contribution in [0.5, 0.6) is 17.2 Å². The van der Waals surface area contributed by atoms with Crippen LogP contribution in [-0.4, -0.2) is 40.0 Å². The summed E-state index contributed by atoms with van der Waals surface area (Å²) in [5.74, 6) is -1.41. The minimum atomic E-state index is -0.801. The number of nitrogens with one attached hydrogen (secondary N) is 1. The Morgan fingerprint density at radius 2 is 1.86 bits per heavy atom. The molecule has 0 fully saturated rings. The van der Waals surface area contributed by atoms with E-state index in [1.54, 1.807) is 23.6 Å². The molecule has 0 bridgehead atoms. The molecule has 0 saturated heterocycles. The number of fused-ring (bicyclic) bond motifs is 1. The highest BCUT2D eigenvalue weighted by Crippen LogP contribution is 2.36. The Hall–Kier alpha value is -4.20. The number of rotatable bonds is 8. The number of nitrogens with zero attached hydrogens (tertiary/aromatic N) is 1. The molecule has 35 heavy (non-hydrogen) atoms. The zero-order valence-electron chi connectivity index (χ0n) is 19.9. The van der Waals surface area contributed by atoms with Gasteiger partial charge in [0, 0.05) is 35.3 Å². The van der Waals surface area contributed by atoms with Crippen molar-refractivity contribution in [2.24, 2.45) is 0 Å². The normalized spacial score (nSPS) is 12.0. The SMILES string of the molecule is COC(=O)C[C@H](c1ccc(O)c(OC)c1)c1c(O)cc(C)n(CCc2c[nH]c3ccccc23)c1=O. The maximum Gasteiger partial charge on any atom is 0.306 e. The molecule has 8 nitrogen and oxygen atoms in total. The molecule has 4 rings (SSSR count). The number of hydrogen-bond acceptors (Lipinski definition) is 6. The molecule has 0 saturated carbocycles. The van der Waals surface area contributed by atoms with Crippen molar-refractivity contribution in [3.8, 4) is 17.2 Å². The number of aromatic amines is 1. The van der Waals surface area contributed by atoms with Crippen LogP contribution >= 0.6 is 0 Å². The molecular formula is C27H28N2O6. The fourth-order valence-electron chi connectivity index (χ4n) is 4.49. The minimum absolute atomic E-state index is 0.0719. The molecule has 2 aromatic carbocycles. The van der Waals surface area contributed by atoms with Gasteiger partial charge >= 0.3 is 5.97 Å². The van der Waals surface area contributed by atoms with Gasteiger partial charge in [0.25, 0.3) is 5.56 Å². The standard InChI is InChI=1S/C27H28N2O6/c1-16-12-23(31)26(20(14-25(32)35-3)17-8-9-22(30)24(13-17)34-2)27(33)29(16)11-10-18-15-28-21-7-5-4-6-19(18)21/h4-9,12-13,15,20,28,30-31H,10-11,14H2,1-3H3/t20-/m1/s1. The molecule has 2 aromatic heterocycles. The van der Waals surface area contributed by atoms with E-state index in [-0.39, 0.29) is 34.8 Å². The summed E-state index contributed by atoms with van der Waals surface area (Å²) in [4.78, 5) is 29.2. The topological polar surface area (TPSA) is 114 Å². The Labute approximate surface area is 202 Å². The smallest absolute Gasteiger partial charge is 0.306 e. The zero-order chi connectivity index (χ0) is 25.1. The van der Waals surface area contributed by atoms with Gasteiger partial charge in [0.2, 0.25) is 0 Å². The molecule has 0 aliphatic heterocycles. The van der Waals surface area contributed by atoms with Gasteiger partial charge < -0.3 is 29.2 Å². The van der Waals surface area contributed by atoms with E-state index in [9.17, 15) is 19.8 Å². The molecular weight excluding hydrogens is 448 g/mol. The largest absolute Gasteiger partial charge is 0.507 e. The Balaban J connectivity index is 1.77. The monoisotopic (exact) mass is 476 g/mol. The number of para-hydroxylation sites is 1. The molecule has 182 valence electrons. The Morgan fingerprint density at radius 1 is 1.09 bits per heavy atom. The van der Waals surface area contributed by atoms with Gasteiger partial charge in [0.05, 0.1) is 26.2 Å². The Morgan fingerprint density at radius 3 is 2.60 bits per heavy atom. The van der Waals surface area contributed by atoms with E-state index in [1.165, 1.54) is 26.4 Å². The van der Waals surface area contributed by atoms with Crippen LogP contribution in [0, 0.1) is 6.92 Å². The van der Waals surface area contributed by atoms with Gasteiger partial charge in [-0.1, -0.05) is 24.3 Å². The summed E-state index contributed by atoms with van der Waals surface area (Å²) in [6, 6.07) is 14.1. The first-order chi connectivity index (χ1) is 16.8. The number of carbonyl (C=O) groups is 1. The summed E-state index contributed by atoms with van der Waals surface area (Å²) in [7, 11) is 2.68. The van der Waals surface area contributed by atoms with Crippen molar-refractivity contribution in [2.45, 2.75) is 32.2 Å². The number of carbonyl (C=O) groups excluding carboxylic acids is 1. The van der Waals surface area contributed by atoms with Crippen LogP contribution in [-0.2, 0) is 22.5 Å². The molecule has 0 unspecified atom stereocenters. The highest BCUT2D eigenvalue weighted by Gasteiger charge is 2.27. The van der Waals surface area contributed by atoms with Gasteiger partial charge in [0.15, 0.2) is 11.5 Å². The second kappa shape index (κ2) is 9.97. The Kier molecular flexibility index (Phi) is 6.82. The van der Waals surface area contributed by atoms with Gasteiger partial charge in [-0.05, 0) is 48.7 Å². The highest BCUT2D eigenvalue weighted by molar-refractivity contribution is 5.83. The first-order valence-electron chi connectivity index (χ1n) is 11.3. The lowest BCUT2D eigenvalue weighted by Gasteiger charge is -2.21. The quantitative estimate of drug-likeness (QED) is 0.331. The van der Waals surface area contributed by atoms with E-state index >= 15 is 0 Å². The van der Waals surface area contributed by atoms with E-state index in [1.807, 2.05) is 30.5 Å².